The Balaban J connectivity index is 1.29. The molecule has 0 aliphatic rings. The fourth-order valence-electron chi connectivity index (χ4n) is 4.36. The van der Waals surface area contributed by atoms with Gasteiger partial charge >= 0.3 is 0 Å². The largest absolute Gasteiger partial charge is 0.457 e. The first-order chi connectivity index (χ1) is 16.3. The Kier molecular flexibility index (Phi) is 4.97. The second kappa shape index (κ2) is 8.27. The van der Waals surface area contributed by atoms with Crippen molar-refractivity contribution in [3.63, 3.8) is 0 Å². The second-order valence-electron chi connectivity index (χ2n) is 8.00. The molecular formula is C30H20BrNO. The van der Waals surface area contributed by atoms with Gasteiger partial charge in [0.1, 0.15) is 11.5 Å². The van der Waals surface area contributed by atoms with Crippen molar-refractivity contribution in [3.8, 4) is 28.3 Å². The Bertz CT molecular complexity index is 1510. The predicted molar refractivity (Wildman–Crippen MR) is 140 cm³/mol. The summed E-state index contributed by atoms with van der Waals surface area (Å²) in [7, 11) is 0. The van der Waals surface area contributed by atoms with E-state index in [4.69, 9.17) is 4.74 Å². The van der Waals surface area contributed by atoms with E-state index in [0.29, 0.717) is 0 Å². The fourth-order valence-corrected chi connectivity index (χ4v) is 4.62. The quantitative estimate of drug-likeness (QED) is 0.241. The van der Waals surface area contributed by atoms with Gasteiger partial charge in [-0.15, -0.1) is 0 Å². The molecule has 0 aliphatic heterocycles. The highest BCUT2D eigenvalue weighted by Crippen LogP contribution is 2.33. The number of halogens is 1. The van der Waals surface area contributed by atoms with Crippen molar-refractivity contribution in [2.75, 3.05) is 0 Å². The van der Waals surface area contributed by atoms with Crippen molar-refractivity contribution in [1.29, 1.82) is 0 Å². The van der Waals surface area contributed by atoms with Gasteiger partial charge < -0.3 is 9.30 Å². The summed E-state index contributed by atoms with van der Waals surface area (Å²) in [6.45, 7) is 0. The van der Waals surface area contributed by atoms with Gasteiger partial charge in [-0.25, -0.2) is 0 Å². The molecule has 1 aromatic heterocycles. The van der Waals surface area contributed by atoms with Crippen LogP contribution in [-0.2, 0) is 0 Å². The summed E-state index contributed by atoms with van der Waals surface area (Å²) in [5.41, 5.74) is 5.87. The molecule has 1 heterocycles. The van der Waals surface area contributed by atoms with E-state index >= 15 is 0 Å². The molecule has 0 amide bonds. The van der Waals surface area contributed by atoms with Gasteiger partial charge in [0.05, 0.1) is 11.0 Å². The molecule has 3 heteroatoms. The Hall–Kier alpha value is -3.82. The number of ether oxygens (including phenoxy) is 1. The monoisotopic (exact) mass is 489 g/mol. The van der Waals surface area contributed by atoms with Crippen molar-refractivity contribution >= 4 is 37.7 Å². The molecule has 0 unspecified atom stereocenters. The Morgan fingerprint density at radius 1 is 0.485 bits per heavy atom. The van der Waals surface area contributed by atoms with Gasteiger partial charge in [0, 0.05) is 20.9 Å². The summed E-state index contributed by atoms with van der Waals surface area (Å²) in [5.74, 6) is 1.64. The van der Waals surface area contributed by atoms with Crippen molar-refractivity contribution in [3.05, 3.63) is 126 Å². The van der Waals surface area contributed by atoms with Crippen LogP contribution in [0.2, 0.25) is 0 Å². The first kappa shape index (κ1) is 19.8. The molecule has 0 atom stereocenters. The minimum atomic E-state index is 0.816. The van der Waals surface area contributed by atoms with Crippen LogP contribution in [0.3, 0.4) is 0 Å². The van der Waals surface area contributed by atoms with Crippen LogP contribution >= 0.6 is 15.9 Å². The van der Waals surface area contributed by atoms with E-state index in [0.717, 1.165) is 27.2 Å². The van der Waals surface area contributed by atoms with Crippen molar-refractivity contribution in [2.45, 2.75) is 0 Å². The third kappa shape index (κ3) is 3.71. The lowest BCUT2D eigenvalue weighted by molar-refractivity contribution is 0.482. The number of fused-ring (bicyclic) bond motifs is 3. The predicted octanol–water partition coefficient (Wildman–Crippen LogP) is 9.01. The third-order valence-corrected chi connectivity index (χ3v) is 6.47. The number of benzene rings is 5. The lowest BCUT2D eigenvalue weighted by Gasteiger charge is -2.10. The van der Waals surface area contributed by atoms with Gasteiger partial charge in [0.15, 0.2) is 0 Å². The van der Waals surface area contributed by atoms with Crippen LogP contribution in [0.15, 0.2) is 126 Å². The number of hydrogen-bond donors (Lipinski definition) is 0. The highest BCUT2D eigenvalue weighted by atomic mass is 79.9. The molecule has 6 rings (SSSR count). The molecular weight excluding hydrogens is 470 g/mol. The molecule has 6 aromatic rings. The van der Waals surface area contributed by atoms with Gasteiger partial charge in [-0.1, -0.05) is 76.6 Å². The summed E-state index contributed by atoms with van der Waals surface area (Å²) in [4.78, 5) is 0. The van der Waals surface area contributed by atoms with Crippen molar-refractivity contribution in [1.82, 2.24) is 4.57 Å². The molecule has 0 saturated heterocycles. The minimum absolute atomic E-state index is 0.816. The molecule has 0 bridgehead atoms. The molecule has 5 aromatic carbocycles. The zero-order chi connectivity index (χ0) is 22.2. The highest BCUT2D eigenvalue weighted by Gasteiger charge is 2.11. The van der Waals surface area contributed by atoms with Gasteiger partial charge in [0.2, 0.25) is 0 Å². The molecule has 0 spiro atoms. The Labute approximate surface area is 200 Å². The van der Waals surface area contributed by atoms with Gasteiger partial charge in [-0.3, -0.25) is 0 Å². The molecule has 2 nitrogen and oxygen atoms in total. The average molecular weight is 490 g/mol. The number of hydrogen-bond acceptors (Lipinski definition) is 1. The highest BCUT2D eigenvalue weighted by molar-refractivity contribution is 9.10. The van der Waals surface area contributed by atoms with Gasteiger partial charge in [-0.2, -0.15) is 0 Å². The topological polar surface area (TPSA) is 14.2 Å². The zero-order valence-corrected chi connectivity index (χ0v) is 19.4. The smallest absolute Gasteiger partial charge is 0.127 e. The van der Waals surface area contributed by atoms with E-state index in [9.17, 15) is 0 Å². The SMILES string of the molecule is Brc1ccc(-c2ccc(Oc3ccc(-n4c5ccccc5c5ccccc54)cc3)cc2)cc1. The number of rotatable bonds is 4. The number of nitrogens with zero attached hydrogens (tertiary/aromatic N) is 1. The second-order valence-corrected chi connectivity index (χ2v) is 8.91. The van der Waals surface area contributed by atoms with Crippen molar-refractivity contribution in [2.24, 2.45) is 0 Å². The van der Waals surface area contributed by atoms with Crippen molar-refractivity contribution < 1.29 is 4.74 Å². The first-order valence-corrected chi connectivity index (χ1v) is 11.7. The summed E-state index contributed by atoms with van der Waals surface area (Å²) in [5, 5.41) is 2.53. The molecule has 0 N–H and O–H groups in total. The van der Waals surface area contributed by atoms with E-state index in [2.05, 4.69) is 118 Å². The van der Waals surface area contributed by atoms with Gasteiger partial charge in [-0.05, 0) is 71.8 Å². The van der Waals surface area contributed by atoms with E-state index in [-0.39, 0.29) is 0 Å². The zero-order valence-electron chi connectivity index (χ0n) is 17.8. The Morgan fingerprint density at radius 3 is 1.48 bits per heavy atom. The maximum absolute atomic E-state index is 6.12. The van der Waals surface area contributed by atoms with Crippen LogP contribution in [0.5, 0.6) is 11.5 Å². The molecule has 0 fully saturated rings. The summed E-state index contributed by atoms with van der Waals surface area (Å²) in [6.07, 6.45) is 0. The van der Waals surface area contributed by atoms with Crippen LogP contribution in [0.1, 0.15) is 0 Å². The lowest BCUT2D eigenvalue weighted by atomic mass is 10.1. The average Bonchev–Trinajstić information content (AvgIpc) is 3.20. The van der Waals surface area contributed by atoms with Gasteiger partial charge in [0.25, 0.3) is 0 Å². The van der Waals surface area contributed by atoms with Crippen LogP contribution in [0, 0.1) is 0 Å². The van der Waals surface area contributed by atoms with Crippen LogP contribution in [-0.4, -0.2) is 4.57 Å². The van der Waals surface area contributed by atoms with Crippen LogP contribution < -0.4 is 4.74 Å². The maximum atomic E-state index is 6.12. The van der Waals surface area contributed by atoms with E-state index in [1.54, 1.807) is 0 Å². The van der Waals surface area contributed by atoms with E-state index in [1.165, 1.54) is 27.4 Å². The normalized spacial score (nSPS) is 11.2. The summed E-state index contributed by atoms with van der Waals surface area (Å²) in [6, 6.07) is 41.9. The Morgan fingerprint density at radius 2 is 0.939 bits per heavy atom. The standard InChI is InChI=1S/C30H20BrNO/c31-23-13-9-21(10-14-23)22-11-17-25(18-12-22)33-26-19-15-24(16-20-26)32-29-7-3-1-5-27(29)28-6-2-4-8-30(28)32/h1-20H. The summed E-state index contributed by atoms with van der Waals surface area (Å²) >= 11 is 3.49. The first-order valence-electron chi connectivity index (χ1n) is 10.9. The minimum Gasteiger partial charge on any atom is -0.457 e. The molecule has 0 saturated carbocycles. The molecule has 33 heavy (non-hydrogen) atoms. The van der Waals surface area contributed by atoms with Crippen LogP contribution in [0.4, 0.5) is 0 Å². The van der Waals surface area contributed by atoms with E-state index in [1.807, 2.05) is 24.3 Å². The molecule has 158 valence electrons. The maximum Gasteiger partial charge on any atom is 0.127 e. The number of para-hydroxylation sites is 2. The van der Waals surface area contributed by atoms with E-state index < -0.39 is 0 Å². The number of aromatic nitrogens is 1. The van der Waals surface area contributed by atoms with Crippen LogP contribution in [0.25, 0.3) is 38.6 Å². The summed E-state index contributed by atoms with van der Waals surface area (Å²) < 4.78 is 9.51. The third-order valence-electron chi connectivity index (χ3n) is 5.94. The fraction of sp³-hybridized carbons (Fsp3) is 0. The lowest BCUT2D eigenvalue weighted by Crippen LogP contribution is -1.93. The molecule has 0 radical (unpaired) electrons. The molecule has 0 aliphatic carbocycles.